The first-order valence-corrected chi connectivity index (χ1v) is 28.3. The van der Waals surface area contributed by atoms with E-state index in [1.165, 1.54) is 0 Å². The molecule has 0 aliphatic heterocycles. The molecule has 0 saturated carbocycles. The molecule has 0 aromatic heterocycles. The number of hydrogen-bond acceptors (Lipinski definition) is 6. The summed E-state index contributed by atoms with van der Waals surface area (Å²) in [5, 5.41) is 0. The Balaban J connectivity index is 6.35. The third-order valence-corrected chi connectivity index (χ3v) is 8.26. The quantitative estimate of drug-likeness (QED) is 0.279. The van der Waals surface area contributed by atoms with Crippen LogP contribution in [0.15, 0.2) is 0 Å². The maximum atomic E-state index is 13.4. The van der Waals surface area contributed by atoms with Crippen molar-refractivity contribution < 1.29 is 26.9 Å². The van der Waals surface area contributed by atoms with Gasteiger partial charge >= 0.3 is 5.97 Å². The largest absolute Gasteiger partial charge is 0.518 e. The average molecular weight is 527 g/mol. The summed E-state index contributed by atoms with van der Waals surface area (Å²) in [6, 6.07) is 0. The number of rotatable bonds is 13. The van der Waals surface area contributed by atoms with Crippen molar-refractivity contribution in [3.8, 4) is 0 Å². The first-order chi connectivity index (χ1) is 13.4. The van der Waals surface area contributed by atoms with Gasteiger partial charge in [0, 0.05) is 0 Å². The van der Waals surface area contributed by atoms with Gasteiger partial charge in [0.2, 0.25) is 8.32 Å². The number of carbonyl (C=O) groups is 1. The van der Waals surface area contributed by atoms with E-state index in [0.29, 0.717) is 6.61 Å². The molecule has 0 heterocycles. The lowest BCUT2D eigenvalue weighted by Gasteiger charge is -2.41. The fraction of sp³-hybridized carbons (Fsp3) is 0.950. The molecule has 3 atom stereocenters. The summed E-state index contributed by atoms with van der Waals surface area (Å²) < 4.78 is 31.9. The van der Waals surface area contributed by atoms with Crippen molar-refractivity contribution in [1.29, 1.82) is 0 Å². The van der Waals surface area contributed by atoms with Crippen LogP contribution < -0.4 is 0 Å². The molecule has 11 heteroatoms. The molecule has 0 spiro atoms. The zero-order valence-electron chi connectivity index (χ0n) is 22.9. The summed E-state index contributed by atoms with van der Waals surface area (Å²) >= 11 is 0. The minimum Gasteiger partial charge on any atom is -0.518 e. The molecular weight excluding hydrogens is 477 g/mol. The minimum absolute atomic E-state index is 0.331. The molecule has 0 unspecified atom stereocenters. The fourth-order valence-electron chi connectivity index (χ4n) is 2.71. The molecule has 186 valence electrons. The van der Waals surface area contributed by atoms with Gasteiger partial charge in [0.15, 0.2) is 39.4 Å². The van der Waals surface area contributed by atoms with Gasteiger partial charge in [-0.05, 0) is 98.2 Å². The molecule has 6 nitrogen and oxygen atoms in total. The predicted octanol–water partition coefficient (Wildman–Crippen LogP) is 5.88. The van der Waals surface area contributed by atoms with Gasteiger partial charge in [-0.2, -0.15) is 0 Å². The van der Waals surface area contributed by atoms with Crippen LogP contribution in [-0.4, -0.2) is 72.5 Å². The lowest BCUT2D eigenvalue weighted by molar-refractivity contribution is -0.153. The molecule has 0 fully saturated rings. The van der Waals surface area contributed by atoms with Gasteiger partial charge in [-0.25, -0.2) is 0 Å². The second kappa shape index (κ2) is 11.2. The SMILES string of the molecule is C[Si](C)(C)OC[C@H](O[Si](C)(C)C)[C@@H](O[Si](C)(C)C)[C@H](O[Si](C)(C)C)C(=O)O[Si](C)(C)C. The van der Waals surface area contributed by atoms with Crippen molar-refractivity contribution in [2.45, 2.75) is 117 Å². The van der Waals surface area contributed by atoms with Crippen LogP contribution in [0.5, 0.6) is 0 Å². The van der Waals surface area contributed by atoms with Crippen molar-refractivity contribution in [2.75, 3.05) is 6.61 Å². The third kappa shape index (κ3) is 16.6. The van der Waals surface area contributed by atoms with E-state index in [1.54, 1.807) is 0 Å². The van der Waals surface area contributed by atoms with E-state index in [2.05, 4.69) is 78.6 Å². The fourth-order valence-corrected chi connectivity index (χ4v) is 7.29. The van der Waals surface area contributed by atoms with Gasteiger partial charge in [0.25, 0.3) is 0 Å². The standard InChI is InChI=1S/C20H50O6Si5/c1-27(2,3)22-16-17(23-28(4,5)6)18(24-29(7,8)9)19(25-30(10,11)12)20(21)26-31(13,14)15/h17-19H,16H2,1-15H3/t17-,18+,19-/m0/s1. The third-order valence-electron chi connectivity index (χ3n) is 3.46. The Labute approximate surface area is 197 Å². The molecular formula is C20H50O6Si5. The highest BCUT2D eigenvalue weighted by Gasteiger charge is 2.45. The first kappa shape index (κ1) is 31.4. The lowest BCUT2D eigenvalue weighted by atomic mass is 10.1. The molecule has 0 saturated heterocycles. The van der Waals surface area contributed by atoms with Gasteiger partial charge in [-0.15, -0.1) is 0 Å². The Bertz CT molecular complexity index is 567. The second-order valence-corrected chi connectivity index (χ2v) is 35.4. The Morgan fingerprint density at radius 1 is 0.581 bits per heavy atom. The van der Waals surface area contributed by atoms with E-state index in [0.717, 1.165) is 0 Å². The summed E-state index contributed by atoms with van der Waals surface area (Å²) in [7, 11) is -10.00. The van der Waals surface area contributed by atoms with E-state index < -0.39 is 53.8 Å². The molecule has 0 amide bonds. The van der Waals surface area contributed by atoms with Crippen molar-refractivity contribution >= 4 is 47.6 Å². The van der Waals surface area contributed by atoms with E-state index in [-0.39, 0.29) is 12.1 Å². The second-order valence-electron chi connectivity index (χ2n) is 13.1. The monoisotopic (exact) mass is 526 g/mol. The van der Waals surface area contributed by atoms with Crippen LogP contribution >= 0.6 is 0 Å². The highest BCUT2D eigenvalue weighted by molar-refractivity contribution is 6.72. The summed E-state index contributed by atoms with van der Waals surface area (Å²) in [6.07, 6.45) is -1.78. The van der Waals surface area contributed by atoms with Gasteiger partial charge in [-0.3, -0.25) is 4.79 Å². The molecule has 0 aromatic carbocycles. The predicted molar refractivity (Wildman–Crippen MR) is 143 cm³/mol. The van der Waals surface area contributed by atoms with E-state index in [9.17, 15) is 4.79 Å². The Hall–Kier alpha value is 0.394. The Morgan fingerprint density at radius 3 is 1.32 bits per heavy atom. The zero-order chi connectivity index (χ0) is 25.1. The minimum atomic E-state index is -2.11. The van der Waals surface area contributed by atoms with Crippen LogP contribution in [0.1, 0.15) is 0 Å². The topological polar surface area (TPSA) is 63.2 Å². The van der Waals surface area contributed by atoms with Crippen LogP contribution in [0.4, 0.5) is 0 Å². The summed E-state index contributed by atoms with van der Waals surface area (Å²) in [6.45, 7) is 32.0. The first-order valence-electron chi connectivity index (χ1n) is 11.3. The molecule has 0 aliphatic rings. The van der Waals surface area contributed by atoms with Crippen LogP contribution in [-0.2, 0) is 26.9 Å². The molecule has 0 bridgehead atoms. The van der Waals surface area contributed by atoms with Crippen molar-refractivity contribution in [1.82, 2.24) is 0 Å². The highest BCUT2D eigenvalue weighted by atomic mass is 28.4. The molecule has 0 radical (unpaired) electrons. The summed E-state index contributed by atoms with van der Waals surface area (Å²) in [5.74, 6) is -0.331. The van der Waals surface area contributed by atoms with Gasteiger partial charge < -0.3 is 22.1 Å². The smallest absolute Gasteiger partial charge is 0.323 e. The van der Waals surface area contributed by atoms with Crippen molar-refractivity contribution in [3.63, 3.8) is 0 Å². The summed E-state index contributed by atoms with van der Waals surface area (Å²) in [5.41, 5.74) is 0. The number of hydrogen-bond donors (Lipinski definition) is 0. The Morgan fingerprint density at radius 2 is 1.00 bits per heavy atom. The van der Waals surface area contributed by atoms with E-state index in [4.69, 9.17) is 22.1 Å². The van der Waals surface area contributed by atoms with Crippen LogP contribution in [0, 0.1) is 0 Å². The average Bonchev–Trinajstić information content (AvgIpc) is 2.41. The zero-order valence-corrected chi connectivity index (χ0v) is 27.9. The van der Waals surface area contributed by atoms with Gasteiger partial charge in [0.05, 0.1) is 12.7 Å². The van der Waals surface area contributed by atoms with Gasteiger partial charge in [-0.1, -0.05) is 0 Å². The Kier molecular flexibility index (Phi) is 11.4. The van der Waals surface area contributed by atoms with Crippen LogP contribution in [0.3, 0.4) is 0 Å². The van der Waals surface area contributed by atoms with Crippen LogP contribution in [0.2, 0.25) is 98.2 Å². The maximum absolute atomic E-state index is 13.4. The van der Waals surface area contributed by atoms with Crippen molar-refractivity contribution in [3.05, 3.63) is 0 Å². The number of carbonyl (C=O) groups excluding carboxylic acids is 1. The molecule has 0 rings (SSSR count). The van der Waals surface area contributed by atoms with E-state index >= 15 is 0 Å². The normalized spacial score (nSPS) is 17.3. The van der Waals surface area contributed by atoms with Crippen LogP contribution in [0.25, 0.3) is 0 Å². The molecule has 31 heavy (non-hydrogen) atoms. The highest BCUT2D eigenvalue weighted by Crippen LogP contribution is 2.26. The maximum Gasteiger partial charge on any atom is 0.323 e. The summed E-state index contributed by atoms with van der Waals surface area (Å²) in [4.78, 5) is 13.4. The van der Waals surface area contributed by atoms with Gasteiger partial charge in [0.1, 0.15) is 6.10 Å². The molecule has 0 aliphatic carbocycles. The molecule has 0 aromatic rings. The lowest BCUT2D eigenvalue weighted by Crippen LogP contribution is -2.58. The molecule has 0 N–H and O–H groups in total. The van der Waals surface area contributed by atoms with E-state index in [1.807, 2.05) is 19.6 Å². The van der Waals surface area contributed by atoms with Crippen molar-refractivity contribution in [2.24, 2.45) is 0 Å².